The summed E-state index contributed by atoms with van der Waals surface area (Å²) in [5, 5.41) is 11.0. The summed E-state index contributed by atoms with van der Waals surface area (Å²) in [7, 11) is 0. The highest BCUT2D eigenvalue weighted by atomic mass is 19.1. The van der Waals surface area contributed by atoms with Gasteiger partial charge in [0.1, 0.15) is 0 Å². The lowest BCUT2D eigenvalue weighted by Crippen LogP contribution is -2.71. The van der Waals surface area contributed by atoms with E-state index in [1.807, 2.05) is 0 Å². The van der Waals surface area contributed by atoms with Gasteiger partial charge in [-0.15, -0.1) is 0 Å². The van der Waals surface area contributed by atoms with Crippen molar-refractivity contribution >= 4 is 17.9 Å². The van der Waals surface area contributed by atoms with E-state index in [4.69, 9.17) is 4.74 Å². The molecule has 0 radical (unpaired) electrons. The number of imide groups is 1. The molecule has 0 bridgehead atoms. The maximum Gasteiger partial charge on any atom is 0.356 e. The van der Waals surface area contributed by atoms with Gasteiger partial charge in [0.2, 0.25) is 0 Å². The summed E-state index contributed by atoms with van der Waals surface area (Å²) in [4.78, 5) is 36.4. The maximum atomic E-state index is 14.9. The molecule has 3 amide bonds. The number of halogens is 1. The highest BCUT2D eigenvalue weighted by Gasteiger charge is 2.61. The number of carboxylic acids is 1. The number of urea groups is 1. The zero-order chi connectivity index (χ0) is 24.5. The number of rotatable bonds is 20. The number of alkyl halides is 1. The van der Waals surface area contributed by atoms with Crippen molar-refractivity contribution in [1.29, 1.82) is 0 Å². The third kappa shape index (κ3) is 9.98. The molecule has 0 aromatic rings. The van der Waals surface area contributed by atoms with E-state index in [1.165, 1.54) is 77.0 Å². The van der Waals surface area contributed by atoms with Crippen molar-refractivity contribution in [3.63, 3.8) is 0 Å². The highest BCUT2D eigenvalue weighted by molar-refractivity contribution is 6.13. The first-order chi connectivity index (χ1) is 15.9. The second kappa shape index (κ2) is 16.8. The van der Waals surface area contributed by atoms with Crippen LogP contribution in [-0.2, 0) is 14.3 Å². The lowest BCUT2D eigenvalue weighted by molar-refractivity contribution is -0.187. The minimum absolute atomic E-state index is 0.0143. The number of carboxylic acid groups (broad SMARTS) is 1. The number of unbranched alkanes of at least 4 members (excludes halogenated alkanes) is 15. The quantitative estimate of drug-likeness (QED) is 0.168. The summed E-state index contributed by atoms with van der Waals surface area (Å²) in [5.74, 6) is -3.44. The molecule has 8 heteroatoms. The summed E-state index contributed by atoms with van der Waals surface area (Å²) in [6.07, 6.45) is 17.7. The molecule has 1 fully saturated rings. The number of carbonyl (C=O) groups excluding carboxylic acids is 2. The van der Waals surface area contributed by atoms with E-state index in [0.29, 0.717) is 6.42 Å². The fraction of sp³-hybridized carbons (Fsp3) is 0.880. The third-order valence-corrected chi connectivity index (χ3v) is 6.32. The number of carbonyl (C=O) groups is 3. The molecule has 33 heavy (non-hydrogen) atoms. The van der Waals surface area contributed by atoms with Gasteiger partial charge in [-0.3, -0.25) is 15.0 Å². The molecular weight excluding hydrogens is 427 g/mol. The van der Waals surface area contributed by atoms with E-state index < -0.39 is 29.8 Å². The Balaban J connectivity index is 2.14. The van der Waals surface area contributed by atoms with Crippen molar-refractivity contribution in [2.45, 2.75) is 128 Å². The van der Waals surface area contributed by atoms with Crippen LogP contribution in [-0.4, -0.2) is 53.0 Å². The van der Waals surface area contributed by atoms with Crippen molar-refractivity contribution in [3.05, 3.63) is 0 Å². The van der Waals surface area contributed by atoms with Crippen LogP contribution < -0.4 is 5.32 Å². The van der Waals surface area contributed by atoms with Crippen LogP contribution in [0.2, 0.25) is 0 Å². The summed E-state index contributed by atoms with van der Waals surface area (Å²) >= 11 is 0. The van der Waals surface area contributed by atoms with Gasteiger partial charge in [-0.1, -0.05) is 103 Å². The number of amides is 3. The molecule has 1 saturated heterocycles. The normalized spacial score (nSPS) is 20.8. The molecule has 0 aromatic carbocycles. The van der Waals surface area contributed by atoms with Gasteiger partial charge in [0, 0.05) is 13.2 Å². The standard InChI is InChI=1S/C25H45FN2O5/c1-3-5-6-7-8-9-10-11-12-13-14-15-16-17-18-19-20-28-22(33-4-2)25(26,23(30)31)21(29)27-24(28)32/h22H,3-20H2,1-2H3,(H,30,31)(H,27,29,32). The minimum atomic E-state index is -3.31. The number of nitrogens with one attached hydrogen (secondary N) is 1. The SMILES string of the molecule is CCCCCCCCCCCCCCCCCCN1C(=O)NC(=O)C(F)(C(=O)O)C1OCC. The highest BCUT2D eigenvalue weighted by Crippen LogP contribution is 2.28. The zero-order valence-corrected chi connectivity index (χ0v) is 20.7. The molecule has 2 unspecified atom stereocenters. The number of hydrogen-bond acceptors (Lipinski definition) is 4. The summed E-state index contributed by atoms with van der Waals surface area (Å²) < 4.78 is 20.1. The molecule has 0 saturated carbocycles. The zero-order valence-electron chi connectivity index (χ0n) is 20.7. The minimum Gasteiger partial charge on any atom is -0.478 e. The smallest absolute Gasteiger partial charge is 0.356 e. The topological polar surface area (TPSA) is 95.9 Å². The molecule has 0 aromatic heterocycles. The number of aliphatic carboxylic acids is 1. The van der Waals surface area contributed by atoms with Gasteiger partial charge >= 0.3 is 17.7 Å². The van der Waals surface area contributed by atoms with E-state index in [9.17, 15) is 23.9 Å². The number of hydrogen-bond donors (Lipinski definition) is 2. The maximum absolute atomic E-state index is 14.9. The second-order valence-electron chi connectivity index (χ2n) is 9.08. The lowest BCUT2D eigenvalue weighted by atomic mass is 9.99. The van der Waals surface area contributed by atoms with Gasteiger partial charge in [0.05, 0.1) is 0 Å². The van der Waals surface area contributed by atoms with Gasteiger partial charge < -0.3 is 9.84 Å². The van der Waals surface area contributed by atoms with Crippen LogP contribution in [0.5, 0.6) is 0 Å². The molecular formula is C25H45FN2O5. The van der Waals surface area contributed by atoms with Gasteiger partial charge in [-0.05, 0) is 13.3 Å². The third-order valence-electron chi connectivity index (χ3n) is 6.32. The van der Waals surface area contributed by atoms with Crippen molar-refractivity contribution in [2.75, 3.05) is 13.2 Å². The van der Waals surface area contributed by atoms with Crippen LogP contribution in [0.4, 0.5) is 9.18 Å². The predicted octanol–water partition coefficient (Wildman–Crippen LogP) is 5.96. The van der Waals surface area contributed by atoms with Crippen molar-refractivity contribution in [3.8, 4) is 0 Å². The Morgan fingerprint density at radius 2 is 1.30 bits per heavy atom. The molecule has 1 aliphatic rings. The molecule has 192 valence electrons. The van der Waals surface area contributed by atoms with Crippen LogP contribution in [0.25, 0.3) is 0 Å². The van der Waals surface area contributed by atoms with Crippen molar-refractivity contribution < 1.29 is 28.6 Å². The van der Waals surface area contributed by atoms with Crippen LogP contribution in [0.1, 0.15) is 117 Å². The largest absolute Gasteiger partial charge is 0.478 e. The number of ether oxygens (including phenoxy) is 1. The Hall–Kier alpha value is -1.70. The molecule has 0 aliphatic carbocycles. The first-order valence-corrected chi connectivity index (χ1v) is 13.1. The van der Waals surface area contributed by atoms with Crippen LogP contribution in [0, 0.1) is 0 Å². The van der Waals surface area contributed by atoms with E-state index >= 15 is 0 Å². The average molecular weight is 473 g/mol. The van der Waals surface area contributed by atoms with Gasteiger partial charge in [0.15, 0.2) is 6.23 Å². The molecule has 2 N–H and O–H groups in total. The van der Waals surface area contributed by atoms with Crippen LogP contribution in [0.15, 0.2) is 0 Å². The fourth-order valence-electron chi connectivity index (χ4n) is 4.31. The Morgan fingerprint density at radius 3 is 1.70 bits per heavy atom. The average Bonchev–Trinajstić information content (AvgIpc) is 2.78. The Labute approximate surface area is 198 Å². The first-order valence-electron chi connectivity index (χ1n) is 13.1. The molecule has 1 rings (SSSR count). The van der Waals surface area contributed by atoms with Gasteiger partial charge in [-0.25, -0.2) is 14.0 Å². The Morgan fingerprint density at radius 1 is 0.879 bits per heavy atom. The molecule has 0 spiro atoms. The fourth-order valence-corrected chi connectivity index (χ4v) is 4.31. The molecule has 2 atom stereocenters. The van der Waals surface area contributed by atoms with Crippen LogP contribution in [0.3, 0.4) is 0 Å². The summed E-state index contributed by atoms with van der Waals surface area (Å²) in [6, 6.07) is -0.811. The molecule has 1 heterocycles. The molecule has 7 nitrogen and oxygen atoms in total. The number of nitrogens with zero attached hydrogens (tertiary/aromatic N) is 1. The first kappa shape index (κ1) is 29.3. The van der Waals surface area contributed by atoms with Crippen molar-refractivity contribution in [2.24, 2.45) is 0 Å². The van der Waals surface area contributed by atoms with E-state index in [0.717, 1.165) is 24.2 Å². The lowest BCUT2D eigenvalue weighted by Gasteiger charge is -2.40. The molecule has 1 aliphatic heterocycles. The van der Waals surface area contributed by atoms with E-state index in [1.54, 1.807) is 12.2 Å². The van der Waals surface area contributed by atoms with Crippen LogP contribution >= 0.6 is 0 Å². The predicted molar refractivity (Wildman–Crippen MR) is 127 cm³/mol. The van der Waals surface area contributed by atoms with Gasteiger partial charge in [0.25, 0.3) is 5.91 Å². The van der Waals surface area contributed by atoms with Gasteiger partial charge in [-0.2, -0.15) is 0 Å². The van der Waals surface area contributed by atoms with E-state index in [-0.39, 0.29) is 13.2 Å². The van der Waals surface area contributed by atoms with Crippen molar-refractivity contribution in [1.82, 2.24) is 10.2 Å². The monoisotopic (exact) mass is 472 g/mol. The second-order valence-corrected chi connectivity index (χ2v) is 9.08. The Kier molecular flexibility index (Phi) is 15.0. The Bertz CT molecular complexity index is 589. The summed E-state index contributed by atoms with van der Waals surface area (Å²) in [5.41, 5.74) is -3.31. The summed E-state index contributed by atoms with van der Waals surface area (Å²) in [6.45, 7) is 3.93. The van der Waals surface area contributed by atoms with E-state index in [2.05, 4.69) is 6.92 Å².